The summed E-state index contributed by atoms with van der Waals surface area (Å²) in [5.41, 5.74) is 1.70. The summed E-state index contributed by atoms with van der Waals surface area (Å²) in [6.07, 6.45) is 3.14. The molecule has 1 N–H and O–H groups in total. The summed E-state index contributed by atoms with van der Waals surface area (Å²) >= 11 is 1.29. The van der Waals surface area contributed by atoms with Crippen LogP contribution >= 0.6 is 11.3 Å². The zero-order chi connectivity index (χ0) is 16.2. The zero-order valence-electron chi connectivity index (χ0n) is 12.8. The van der Waals surface area contributed by atoms with E-state index in [4.69, 9.17) is 9.15 Å². The van der Waals surface area contributed by atoms with Crippen LogP contribution in [0.25, 0.3) is 10.8 Å². The van der Waals surface area contributed by atoms with Gasteiger partial charge >= 0.3 is 0 Å². The number of carbonyl (C=O) groups excluding carboxylic acids is 1. The number of hydrogen-bond donors (Lipinski definition) is 1. The number of rotatable bonds is 5. The van der Waals surface area contributed by atoms with E-state index in [-0.39, 0.29) is 5.91 Å². The van der Waals surface area contributed by atoms with Crippen molar-refractivity contribution in [2.75, 3.05) is 11.9 Å². The van der Waals surface area contributed by atoms with Crippen LogP contribution in [0.4, 0.5) is 5.69 Å². The average Bonchev–Trinajstić information content (AvgIpc) is 3.20. The Kier molecular flexibility index (Phi) is 4.43. The average molecular weight is 328 g/mol. The molecule has 0 fully saturated rings. The second-order valence-electron chi connectivity index (χ2n) is 4.87. The molecule has 6 heteroatoms. The first kappa shape index (κ1) is 15.3. The van der Waals surface area contributed by atoms with Gasteiger partial charge < -0.3 is 14.5 Å². The van der Waals surface area contributed by atoms with Gasteiger partial charge in [-0.25, -0.2) is 4.98 Å². The van der Waals surface area contributed by atoms with Crippen LogP contribution in [0.1, 0.15) is 22.2 Å². The molecule has 5 nitrogen and oxygen atoms in total. The van der Waals surface area contributed by atoms with Crippen LogP contribution < -0.4 is 10.1 Å². The SMILES string of the molecule is CCOc1ccc(NC(=O)c2cnc(-c3ccco3)s2)cc1C. The van der Waals surface area contributed by atoms with Gasteiger partial charge in [0.05, 0.1) is 19.1 Å². The van der Waals surface area contributed by atoms with Crippen LogP contribution in [0, 0.1) is 6.92 Å². The van der Waals surface area contributed by atoms with Gasteiger partial charge in [-0.05, 0) is 49.7 Å². The molecular weight excluding hydrogens is 312 g/mol. The molecule has 0 radical (unpaired) electrons. The smallest absolute Gasteiger partial charge is 0.267 e. The van der Waals surface area contributed by atoms with Crippen LogP contribution in [-0.2, 0) is 0 Å². The first-order valence-electron chi connectivity index (χ1n) is 7.22. The van der Waals surface area contributed by atoms with Gasteiger partial charge in [-0.2, -0.15) is 0 Å². The number of anilines is 1. The minimum Gasteiger partial charge on any atom is -0.494 e. The van der Waals surface area contributed by atoms with Crippen molar-refractivity contribution in [2.45, 2.75) is 13.8 Å². The lowest BCUT2D eigenvalue weighted by Gasteiger charge is -2.09. The highest BCUT2D eigenvalue weighted by Crippen LogP contribution is 2.27. The van der Waals surface area contributed by atoms with Gasteiger partial charge in [-0.3, -0.25) is 4.79 Å². The van der Waals surface area contributed by atoms with Crippen LogP contribution in [0.2, 0.25) is 0 Å². The molecule has 2 heterocycles. The first-order valence-corrected chi connectivity index (χ1v) is 8.03. The van der Waals surface area contributed by atoms with Crippen LogP contribution in [0.3, 0.4) is 0 Å². The third kappa shape index (κ3) is 3.43. The fourth-order valence-electron chi connectivity index (χ4n) is 2.13. The van der Waals surface area contributed by atoms with Crippen molar-refractivity contribution in [2.24, 2.45) is 0 Å². The highest BCUT2D eigenvalue weighted by molar-refractivity contribution is 7.16. The number of benzene rings is 1. The largest absolute Gasteiger partial charge is 0.494 e. The number of amides is 1. The Morgan fingerprint density at radius 3 is 2.96 bits per heavy atom. The molecule has 0 unspecified atom stereocenters. The molecule has 0 spiro atoms. The first-order chi connectivity index (χ1) is 11.2. The molecule has 1 aromatic carbocycles. The van der Waals surface area contributed by atoms with Gasteiger partial charge in [0.25, 0.3) is 5.91 Å². The van der Waals surface area contributed by atoms with E-state index in [0.29, 0.717) is 22.3 Å². The number of aromatic nitrogens is 1. The van der Waals surface area contributed by atoms with E-state index in [1.54, 1.807) is 18.5 Å². The third-order valence-corrected chi connectivity index (χ3v) is 4.20. The van der Waals surface area contributed by atoms with Crippen molar-refractivity contribution >= 4 is 22.9 Å². The summed E-state index contributed by atoms with van der Waals surface area (Å²) in [7, 11) is 0. The van der Waals surface area contributed by atoms with Crippen molar-refractivity contribution in [3.05, 3.63) is 53.2 Å². The highest BCUT2D eigenvalue weighted by Gasteiger charge is 2.13. The summed E-state index contributed by atoms with van der Waals surface area (Å²) in [6.45, 7) is 4.50. The third-order valence-electron chi connectivity index (χ3n) is 3.19. The maximum absolute atomic E-state index is 12.3. The van der Waals surface area contributed by atoms with E-state index < -0.39 is 0 Å². The number of aryl methyl sites for hydroxylation is 1. The minimum absolute atomic E-state index is 0.191. The monoisotopic (exact) mass is 328 g/mol. The predicted octanol–water partition coefficient (Wildman–Crippen LogP) is 4.36. The summed E-state index contributed by atoms with van der Waals surface area (Å²) < 4.78 is 10.8. The molecular formula is C17H16N2O3S. The molecule has 0 saturated heterocycles. The molecule has 0 saturated carbocycles. The maximum atomic E-state index is 12.3. The van der Waals surface area contributed by atoms with E-state index in [1.165, 1.54) is 11.3 Å². The Bertz CT molecular complexity index is 809. The summed E-state index contributed by atoms with van der Waals surface area (Å²) in [6, 6.07) is 9.17. The molecule has 23 heavy (non-hydrogen) atoms. The van der Waals surface area contributed by atoms with Crippen LogP contribution in [0.15, 0.2) is 47.2 Å². The fourth-order valence-corrected chi connectivity index (χ4v) is 2.91. The Balaban J connectivity index is 1.73. The van der Waals surface area contributed by atoms with Gasteiger partial charge in [0.2, 0.25) is 0 Å². The molecule has 0 aliphatic heterocycles. The molecule has 1 amide bonds. The van der Waals surface area contributed by atoms with Crippen molar-refractivity contribution in [3.63, 3.8) is 0 Å². The van der Waals surface area contributed by atoms with E-state index in [1.807, 2.05) is 38.1 Å². The van der Waals surface area contributed by atoms with E-state index in [2.05, 4.69) is 10.3 Å². The second kappa shape index (κ2) is 6.66. The molecule has 0 aliphatic rings. The van der Waals surface area contributed by atoms with Gasteiger partial charge in [-0.15, -0.1) is 11.3 Å². The van der Waals surface area contributed by atoms with Gasteiger partial charge in [-0.1, -0.05) is 0 Å². The van der Waals surface area contributed by atoms with Gasteiger partial charge in [0.1, 0.15) is 10.6 Å². The van der Waals surface area contributed by atoms with Crippen molar-refractivity contribution < 1.29 is 13.9 Å². The Labute approximate surface area is 137 Å². The molecule has 0 aliphatic carbocycles. The summed E-state index contributed by atoms with van der Waals surface area (Å²) in [5.74, 6) is 1.29. The molecule has 118 valence electrons. The number of nitrogens with zero attached hydrogens (tertiary/aromatic N) is 1. The topological polar surface area (TPSA) is 64.4 Å². The van der Waals surface area contributed by atoms with E-state index in [9.17, 15) is 4.79 Å². The van der Waals surface area contributed by atoms with Gasteiger partial charge in [0.15, 0.2) is 10.8 Å². The molecule has 0 atom stereocenters. The fraction of sp³-hybridized carbons (Fsp3) is 0.176. The lowest BCUT2D eigenvalue weighted by molar-refractivity contribution is 0.103. The Hall–Kier alpha value is -2.60. The molecule has 2 aromatic heterocycles. The van der Waals surface area contributed by atoms with Crippen LogP contribution in [-0.4, -0.2) is 17.5 Å². The minimum atomic E-state index is -0.191. The Morgan fingerprint density at radius 1 is 1.39 bits per heavy atom. The Morgan fingerprint density at radius 2 is 2.26 bits per heavy atom. The number of thiazole rings is 1. The number of hydrogen-bond acceptors (Lipinski definition) is 5. The van der Waals surface area contributed by atoms with Crippen LogP contribution in [0.5, 0.6) is 5.75 Å². The van der Waals surface area contributed by atoms with Crippen molar-refractivity contribution in [1.82, 2.24) is 4.98 Å². The summed E-state index contributed by atoms with van der Waals surface area (Å²) in [4.78, 5) is 17.1. The molecule has 3 aromatic rings. The van der Waals surface area contributed by atoms with Gasteiger partial charge in [0, 0.05) is 5.69 Å². The number of ether oxygens (including phenoxy) is 1. The van der Waals surface area contributed by atoms with Crippen molar-refractivity contribution in [1.29, 1.82) is 0 Å². The predicted molar refractivity (Wildman–Crippen MR) is 90.1 cm³/mol. The van der Waals surface area contributed by atoms with E-state index in [0.717, 1.165) is 17.0 Å². The summed E-state index contributed by atoms with van der Waals surface area (Å²) in [5, 5.41) is 3.56. The van der Waals surface area contributed by atoms with Crippen molar-refractivity contribution in [3.8, 4) is 16.5 Å². The molecule has 3 rings (SSSR count). The number of furan rings is 1. The quantitative estimate of drug-likeness (QED) is 0.755. The lowest BCUT2D eigenvalue weighted by Crippen LogP contribution is -2.10. The molecule has 0 bridgehead atoms. The normalized spacial score (nSPS) is 10.5. The standard InChI is InChI=1S/C17H16N2O3S/c1-3-21-13-7-6-12(9-11(13)2)19-16(20)15-10-18-17(23-15)14-5-4-8-22-14/h4-10H,3H2,1-2H3,(H,19,20). The lowest BCUT2D eigenvalue weighted by atomic mass is 10.2. The second-order valence-corrected chi connectivity index (χ2v) is 5.91. The zero-order valence-corrected chi connectivity index (χ0v) is 13.6. The maximum Gasteiger partial charge on any atom is 0.267 e. The van der Waals surface area contributed by atoms with E-state index >= 15 is 0 Å². The number of carbonyl (C=O) groups is 1. The number of nitrogens with one attached hydrogen (secondary N) is 1. The highest BCUT2D eigenvalue weighted by atomic mass is 32.1.